The summed E-state index contributed by atoms with van der Waals surface area (Å²) in [7, 11) is -3.80. The number of esters is 1. The van der Waals surface area contributed by atoms with Crippen molar-refractivity contribution in [2.45, 2.75) is 4.90 Å². The third kappa shape index (κ3) is 4.92. The molecule has 0 aromatic heterocycles. The summed E-state index contributed by atoms with van der Waals surface area (Å²) in [6.07, 6.45) is 0. The normalized spacial score (nSPS) is 12.9. The fourth-order valence-electron chi connectivity index (χ4n) is 2.49. The minimum atomic E-state index is -3.80. The van der Waals surface area contributed by atoms with Crippen LogP contribution in [0.15, 0.2) is 41.3 Å². The van der Waals surface area contributed by atoms with Gasteiger partial charge in [-0.25, -0.2) is 18.4 Å². The molecule has 154 valence electrons. The van der Waals surface area contributed by atoms with Gasteiger partial charge in [0.2, 0.25) is 10.0 Å². The van der Waals surface area contributed by atoms with Gasteiger partial charge in [-0.3, -0.25) is 10.1 Å². The Morgan fingerprint density at radius 2 is 1.72 bits per heavy atom. The van der Waals surface area contributed by atoms with Crippen molar-refractivity contribution in [3.05, 3.63) is 52.1 Å². The fraction of sp³-hybridized carbons (Fsp3) is 0.235. The highest BCUT2D eigenvalue weighted by molar-refractivity contribution is 7.89. The molecule has 0 saturated heterocycles. The number of primary sulfonamides is 1. The first-order chi connectivity index (χ1) is 13.8. The first-order valence-corrected chi connectivity index (χ1v) is 9.81. The average molecular weight is 424 g/mol. The number of carbonyl (C=O) groups excluding carboxylic acids is 1. The van der Waals surface area contributed by atoms with E-state index in [9.17, 15) is 23.3 Å². The molecular weight excluding hydrogens is 408 g/mol. The Balaban J connectivity index is 1.60. The van der Waals surface area contributed by atoms with Crippen LogP contribution in [0, 0.1) is 10.1 Å². The van der Waals surface area contributed by atoms with E-state index in [-0.39, 0.29) is 48.4 Å². The largest absolute Gasteiger partial charge is 0.490 e. The summed E-state index contributed by atoms with van der Waals surface area (Å²) in [6.45, 7) is 0.265. The molecule has 2 N–H and O–H groups in total. The summed E-state index contributed by atoms with van der Waals surface area (Å²) >= 11 is 0. The van der Waals surface area contributed by atoms with Crippen molar-refractivity contribution in [2.24, 2.45) is 5.14 Å². The van der Waals surface area contributed by atoms with E-state index >= 15 is 0 Å². The smallest absolute Gasteiger partial charge is 0.345 e. The van der Waals surface area contributed by atoms with Gasteiger partial charge < -0.3 is 18.9 Å². The van der Waals surface area contributed by atoms with Crippen LogP contribution in [0.1, 0.15) is 10.4 Å². The van der Waals surface area contributed by atoms with Crippen LogP contribution in [0.4, 0.5) is 5.69 Å². The molecule has 0 aliphatic carbocycles. The van der Waals surface area contributed by atoms with Gasteiger partial charge in [-0.2, -0.15) is 0 Å². The molecule has 0 bridgehead atoms. The number of nitro groups is 1. The van der Waals surface area contributed by atoms with Gasteiger partial charge in [-0.05, 0) is 24.3 Å². The molecule has 29 heavy (non-hydrogen) atoms. The average Bonchev–Trinajstić information content (AvgIpc) is 2.69. The molecule has 2 aromatic rings. The van der Waals surface area contributed by atoms with Crippen LogP contribution >= 0.6 is 0 Å². The number of ether oxygens (including phenoxy) is 4. The third-order valence-electron chi connectivity index (χ3n) is 3.81. The zero-order valence-corrected chi connectivity index (χ0v) is 15.7. The molecule has 0 spiro atoms. The lowest BCUT2D eigenvalue weighted by atomic mass is 10.1. The minimum absolute atomic E-state index is 0.0567. The summed E-state index contributed by atoms with van der Waals surface area (Å²) < 4.78 is 43.4. The predicted octanol–water partition coefficient (Wildman–Crippen LogP) is 1.25. The van der Waals surface area contributed by atoms with E-state index in [1.807, 2.05) is 0 Å². The molecular formula is C17H16N2O9S. The van der Waals surface area contributed by atoms with Gasteiger partial charge in [0.05, 0.1) is 15.9 Å². The number of hydrogen-bond donors (Lipinski definition) is 1. The van der Waals surface area contributed by atoms with Crippen molar-refractivity contribution in [2.75, 3.05) is 26.4 Å². The van der Waals surface area contributed by atoms with Crippen molar-refractivity contribution in [3.8, 4) is 17.2 Å². The maximum Gasteiger partial charge on any atom is 0.345 e. The molecule has 2 aromatic carbocycles. The highest BCUT2D eigenvalue weighted by Gasteiger charge is 2.27. The number of sulfonamides is 1. The minimum Gasteiger partial charge on any atom is -0.490 e. The molecule has 1 aliphatic heterocycles. The number of carbonyl (C=O) groups is 1. The standard InChI is InChI=1S/C17H16N2O9S/c18-29(23,24)12-3-1-11(2-4-12)25-5-8-28-17(20)13-9-15-16(27-7-6-26-15)10-14(13)19(21)22/h1-4,9-10H,5-8H2,(H2,18,23,24). The zero-order chi connectivity index (χ0) is 21.0. The van der Waals surface area contributed by atoms with E-state index in [0.717, 1.165) is 6.07 Å². The van der Waals surface area contributed by atoms with Crippen LogP contribution in [0.5, 0.6) is 17.2 Å². The predicted molar refractivity (Wildman–Crippen MR) is 97.7 cm³/mol. The summed E-state index contributed by atoms with van der Waals surface area (Å²) in [5.74, 6) is -0.175. The summed E-state index contributed by atoms with van der Waals surface area (Å²) in [5, 5.41) is 16.3. The second-order valence-electron chi connectivity index (χ2n) is 5.77. The van der Waals surface area contributed by atoms with E-state index in [2.05, 4.69) is 0 Å². The molecule has 0 fully saturated rings. The van der Waals surface area contributed by atoms with Gasteiger partial charge in [0.15, 0.2) is 11.5 Å². The molecule has 0 unspecified atom stereocenters. The lowest BCUT2D eigenvalue weighted by Crippen LogP contribution is -2.18. The molecule has 3 rings (SSSR count). The van der Waals surface area contributed by atoms with Gasteiger partial charge in [0.25, 0.3) is 5.69 Å². The molecule has 0 atom stereocenters. The van der Waals surface area contributed by atoms with Crippen molar-refractivity contribution in [1.29, 1.82) is 0 Å². The second-order valence-corrected chi connectivity index (χ2v) is 7.33. The Hall–Kier alpha value is -3.38. The SMILES string of the molecule is NS(=O)(=O)c1ccc(OCCOC(=O)c2cc3c(cc2[N+](=O)[O-])OCCO3)cc1. The van der Waals surface area contributed by atoms with Gasteiger partial charge in [-0.1, -0.05) is 0 Å². The van der Waals surface area contributed by atoms with Crippen molar-refractivity contribution >= 4 is 21.7 Å². The van der Waals surface area contributed by atoms with E-state index in [1.165, 1.54) is 30.3 Å². The summed E-state index contributed by atoms with van der Waals surface area (Å²) in [6, 6.07) is 7.67. The number of rotatable bonds is 7. The Morgan fingerprint density at radius 3 is 2.31 bits per heavy atom. The molecule has 12 heteroatoms. The monoisotopic (exact) mass is 424 g/mol. The Kier molecular flexibility index (Phi) is 5.84. The lowest BCUT2D eigenvalue weighted by molar-refractivity contribution is -0.385. The van der Waals surface area contributed by atoms with Crippen molar-refractivity contribution in [1.82, 2.24) is 0 Å². The van der Waals surface area contributed by atoms with E-state index in [1.54, 1.807) is 0 Å². The van der Waals surface area contributed by atoms with Crippen molar-refractivity contribution < 1.29 is 37.1 Å². The third-order valence-corrected chi connectivity index (χ3v) is 4.74. The Bertz CT molecular complexity index is 1040. The first kappa shape index (κ1) is 20.4. The van der Waals surface area contributed by atoms with Gasteiger partial charge in [0, 0.05) is 6.07 Å². The Morgan fingerprint density at radius 1 is 1.10 bits per heavy atom. The van der Waals surface area contributed by atoms with Crippen LogP contribution in [-0.4, -0.2) is 45.7 Å². The number of hydrogen-bond acceptors (Lipinski definition) is 9. The topological polar surface area (TPSA) is 157 Å². The zero-order valence-electron chi connectivity index (χ0n) is 14.9. The van der Waals surface area contributed by atoms with Crippen LogP contribution in [0.3, 0.4) is 0 Å². The van der Waals surface area contributed by atoms with Gasteiger partial charge in [-0.15, -0.1) is 0 Å². The Labute approximate surface area is 165 Å². The highest BCUT2D eigenvalue weighted by atomic mass is 32.2. The van der Waals surface area contributed by atoms with Crippen LogP contribution in [-0.2, 0) is 14.8 Å². The van der Waals surface area contributed by atoms with Gasteiger partial charge >= 0.3 is 5.97 Å². The first-order valence-electron chi connectivity index (χ1n) is 8.26. The number of nitrogens with two attached hydrogens (primary N) is 1. The van der Waals surface area contributed by atoms with Crippen LogP contribution < -0.4 is 19.3 Å². The van der Waals surface area contributed by atoms with E-state index in [0.29, 0.717) is 5.75 Å². The molecule has 0 radical (unpaired) electrons. The van der Waals surface area contributed by atoms with Crippen LogP contribution in [0.25, 0.3) is 0 Å². The van der Waals surface area contributed by atoms with E-state index < -0.39 is 26.6 Å². The quantitative estimate of drug-likeness (QED) is 0.299. The molecule has 11 nitrogen and oxygen atoms in total. The maximum atomic E-state index is 12.3. The van der Waals surface area contributed by atoms with Gasteiger partial charge in [0.1, 0.15) is 37.7 Å². The summed E-state index contributed by atoms with van der Waals surface area (Å²) in [5.41, 5.74) is -0.726. The maximum absolute atomic E-state index is 12.3. The van der Waals surface area contributed by atoms with E-state index in [4.69, 9.17) is 24.1 Å². The number of fused-ring (bicyclic) bond motifs is 1. The lowest BCUT2D eigenvalue weighted by Gasteiger charge is -2.18. The molecule has 1 heterocycles. The number of benzene rings is 2. The summed E-state index contributed by atoms with van der Waals surface area (Å²) in [4.78, 5) is 22.7. The second kappa shape index (κ2) is 8.32. The van der Waals surface area contributed by atoms with Crippen LogP contribution in [0.2, 0.25) is 0 Å². The fourth-order valence-corrected chi connectivity index (χ4v) is 3.01. The molecule has 0 saturated carbocycles. The number of nitro benzene ring substituents is 1. The number of nitrogens with zero attached hydrogens (tertiary/aromatic N) is 1. The molecule has 0 amide bonds. The van der Waals surface area contributed by atoms with Crippen molar-refractivity contribution in [3.63, 3.8) is 0 Å². The highest BCUT2D eigenvalue weighted by Crippen LogP contribution is 2.36. The molecule has 1 aliphatic rings.